The number of aryl methyl sites for hydroxylation is 1. The largest absolute Gasteiger partial charge is 0.493 e. The van der Waals surface area contributed by atoms with Crippen LogP contribution in [0.1, 0.15) is 46.4 Å². The summed E-state index contributed by atoms with van der Waals surface area (Å²) >= 11 is 1.60. The van der Waals surface area contributed by atoms with E-state index in [0.29, 0.717) is 12.0 Å². The number of carbonyl (C=O) groups excluding carboxylic acids is 1. The van der Waals surface area contributed by atoms with Crippen molar-refractivity contribution in [2.75, 3.05) is 44.6 Å². The molecule has 0 bridgehead atoms. The Bertz CT molecular complexity index is 1030. The summed E-state index contributed by atoms with van der Waals surface area (Å²) in [6.07, 6.45) is 5.81. The number of amides is 1. The number of piperazine rings is 1. The monoisotopic (exact) mass is 450 g/mol. The number of nitriles is 1. The molecule has 1 saturated heterocycles. The Kier molecular flexibility index (Phi) is 6.44. The van der Waals surface area contributed by atoms with Gasteiger partial charge in [0.15, 0.2) is 0 Å². The molecule has 5 rings (SSSR count). The molecule has 6 nitrogen and oxygen atoms in total. The van der Waals surface area contributed by atoms with Gasteiger partial charge in [0.05, 0.1) is 12.2 Å². The maximum absolute atomic E-state index is 12.6. The molecule has 32 heavy (non-hydrogen) atoms. The summed E-state index contributed by atoms with van der Waals surface area (Å²) in [6, 6.07) is 8.90. The van der Waals surface area contributed by atoms with Crippen LogP contribution in [0, 0.1) is 11.3 Å². The molecule has 1 aliphatic carbocycles. The molecule has 1 aromatic carbocycles. The Morgan fingerprint density at radius 1 is 1.12 bits per heavy atom. The van der Waals surface area contributed by atoms with Crippen LogP contribution in [0.2, 0.25) is 0 Å². The maximum Gasteiger partial charge on any atom is 0.226 e. The minimum Gasteiger partial charge on any atom is -0.493 e. The second kappa shape index (κ2) is 9.62. The van der Waals surface area contributed by atoms with Crippen LogP contribution in [0.25, 0.3) is 0 Å². The van der Waals surface area contributed by atoms with E-state index < -0.39 is 0 Å². The molecule has 0 atom stereocenters. The Hall–Kier alpha value is -2.40. The smallest absolute Gasteiger partial charge is 0.226 e. The lowest BCUT2D eigenvalue weighted by Gasteiger charge is -2.34. The highest BCUT2D eigenvalue weighted by Gasteiger charge is 2.23. The molecule has 0 unspecified atom stereocenters. The van der Waals surface area contributed by atoms with Gasteiger partial charge in [-0.1, -0.05) is 12.1 Å². The number of benzene rings is 1. The first kappa shape index (κ1) is 21.4. The average Bonchev–Trinajstić information content (AvgIpc) is 3.42. The van der Waals surface area contributed by atoms with Gasteiger partial charge in [-0.05, 0) is 48.4 Å². The molecule has 2 aromatic rings. The number of hydrogen-bond acceptors (Lipinski definition) is 6. The van der Waals surface area contributed by atoms with Gasteiger partial charge < -0.3 is 15.0 Å². The van der Waals surface area contributed by atoms with E-state index in [1.54, 1.807) is 11.3 Å². The van der Waals surface area contributed by atoms with Gasteiger partial charge in [0, 0.05) is 57.0 Å². The summed E-state index contributed by atoms with van der Waals surface area (Å²) in [5, 5.41) is 13.4. The number of thiophene rings is 1. The quantitative estimate of drug-likeness (QED) is 0.729. The van der Waals surface area contributed by atoms with Crippen molar-refractivity contribution in [3.05, 3.63) is 45.3 Å². The first-order valence-electron chi connectivity index (χ1n) is 11.7. The molecular weight excluding hydrogens is 420 g/mol. The second-order valence-electron chi connectivity index (χ2n) is 8.98. The van der Waals surface area contributed by atoms with Crippen LogP contribution in [0.3, 0.4) is 0 Å². The zero-order chi connectivity index (χ0) is 21.9. The van der Waals surface area contributed by atoms with Crippen LogP contribution in [0.5, 0.6) is 5.75 Å². The predicted octanol–water partition coefficient (Wildman–Crippen LogP) is 3.58. The van der Waals surface area contributed by atoms with Crippen molar-refractivity contribution >= 4 is 22.2 Å². The van der Waals surface area contributed by atoms with Gasteiger partial charge in [0.2, 0.25) is 5.91 Å². The standard InChI is InChI=1S/C25H30N4O2S/c26-16-21-20-3-1-2-4-23(20)32-25(21)27-24(30)7-9-28-10-12-29(13-11-28)17-18-5-6-22-19(15-18)8-14-31-22/h5-6,15H,1-4,7-14,17H2,(H,27,30). The fourth-order valence-electron chi connectivity index (χ4n) is 4.99. The molecule has 1 aromatic heterocycles. The number of hydrogen-bond donors (Lipinski definition) is 1. The van der Waals surface area contributed by atoms with Crippen molar-refractivity contribution in [1.82, 2.24) is 9.80 Å². The topological polar surface area (TPSA) is 68.6 Å². The molecule has 3 aliphatic rings. The molecule has 2 aliphatic heterocycles. The third-order valence-electron chi connectivity index (χ3n) is 6.82. The third kappa shape index (κ3) is 4.68. The molecule has 3 heterocycles. The Morgan fingerprint density at radius 2 is 1.94 bits per heavy atom. The van der Waals surface area contributed by atoms with Crippen LogP contribution >= 0.6 is 11.3 Å². The lowest BCUT2D eigenvalue weighted by atomic mass is 9.96. The highest BCUT2D eigenvalue weighted by molar-refractivity contribution is 7.16. The number of anilines is 1. The van der Waals surface area contributed by atoms with Crippen LogP contribution in [-0.2, 0) is 30.6 Å². The normalized spacial score (nSPS) is 18.5. The summed E-state index contributed by atoms with van der Waals surface area (Å²) in [6.45, 7) is 6.55. The summed E-state index contributed by atoms with van der Waals surface area (Å²) in [5.41, 5.74) is 4.56. The zero-order valence-corrected chi connectivity index (χ0v) is 19.3. The molecule has 1 N–H and O–H groups in total. The number of carbonyl (C=O) groups is 1. The number of nitrogens with one attached hydrogen (secondary N) is 1. The van der Waals surface area contributed by atoms with Gasteiger partial charge in [-0.2, -0.15) is 5.26 Å². The van der Waals surface area contributed by atoms with Gasteiger partial charge >= 0.3 is 0 Å². The lowest BCUT2D eigenvalue weighted by molar-refractivity contribution is -0.116. The molecule has 1 fully saturated rings. The van der Waals surface area contributed by atoms with E-state index >= 15 is 0 Å². The summed E-state index contributed by atoms with van der Waals surface area (Å²) in [4.78, 5) is 18.7. The lowest BCUT2D eigenvalue weighted by Crippen LogP contribution is -2.46. The van der Waals surface area contributed by atoms with Gasteiger partial charge in [-0.3, -0.25) is 9.69 Å². The maximum atomic E-state index is 12.6. The first-order valence-corrected chi connectivity index (χ1v) is 12.5. The van der Waals surface area contributed by atoms with Crippen molar-refractivity contribution in [2.45, 2.75) is 45.1 Å². The second-order valence-corrected chi connectivity index (χ2v) is 10.1. The van der Waals surface area contributed by atoms with Crippen LogP contribution in [-0.4, -0.2) is 55.0 Å². The minimum atomic E-state index is 0.0166. The van der Waals surface area contributed by atoms with Crippen molar-refractivity contribution in [3.8, 4) is 11.8 Å². The Labute approximate surface area is 193 Å². The van der Waals surface area contributed by atoms with Gasteiger partial charge in [-0.25, -0.2) is 0 Å². The van der Waals surface area contributed by atoms with Gasteiger partial charge in [0.25, 0.3) is 0 Å². The summed E-state index contributed by atoms with van der Waals surface area (Å²) in [5.74, 6) is 1.06. The van der Waals surface area contributed by atoms with E-state index in [9.17, 15) is 10.1 Å². The Morgan fingerprint density at radius 3 is 2.78 bits per heavy atom. The van der Waals surface area contributed by atoms with Crippen LogP contribution < -0.4 is 10.1 Å². The van der Waals surface area contributed by atoms with Crippen molar-refractivity contribution in [1.29, 1.82) is 5.26 Å². The fraction of sp³-hybridized carbons (Fsp3) is 0.520. The third-order valence-corrected chi connectivity index (χ3v) is 8.02. The highest BCUT2D eigenvalue weighted by atomic mass is 32.1. The number of nitrogens with zero attached hydrogens (tertiary/aromatic N) is 3. The van der Waals surface area contributed by atoms with E-state index in [4.69, 9.17) is 4.74 Å². The average molecular weight is 451 g/mol. The SMILES string of the molecule is N#Cc1c(NC(=O)CCN2CCN(Cc3ccc4c(c3)CCO4)CC2)sc2c1CCCC2. The Balaban J connectivity index is 1.07. The predicted molar refractivity (Wildman–Crippen MR) is 126 cm³/mol. The van der Waals surface area contributed by atoms with Crippen molar-refractivity contribution in [3.63, 3.8) is 0 Å². The molecule has 0 saturated carbocycles. The number of rotatable bonds is 6. The number of fused-ring (bicyclic) bond motifs is 2. The van der Waals surface area contributed by atoms with Gasteiger partial charge in [-0.15, -0.1) is 11.3 Å². The fourth-order valence-corrected chi connectivity index (χ4v) is 6.24. The van der Waals surface area contributed by atoms with Crippen LogP contribution in [0.15, 0.2) is 18.2 Å². The zero-order valence-electron chi connectivity index (χ0n) is 18.5. The van der Waals surface area contributed by atoms with E-state index in [0.717, 1.165) is 82.3 Å². The molecular formula is C25H30N4O2S. The number of ether oxygens (including phenoxy) is 1. The van der Waals surface area contributed by atoms with Crippen molar-refractivity contribution < 1.29 is 9.53 Å². The first-order chi connectivity index (χ1) is 15.7. The summed E-state index contributed by atoms with van der Waals surface area (Å²) < 4.78 is 5.61. The van der Waals surface area contributed by atoms with E-state index in [1.165, 1.54) is 28.0 Å². The van der Waals surface area contributed by atoms with E-state index in [2.05, 4.69) is 39.4 Å². The molecule has 7 heteroatoms. The molecule has 1 amide bonds. The molecule has 168 valence electrons. The molecule has 0 spiro atoms. The minimum absolute atomic E-state index is 0.0166. The summed E-state index contributed by atoms with van der Waals surface area (Å²) in [7, 11) is 0. The van der Waals surface area contributed by atoms with Crippen molar-refractivity contribution in [2.24, 2.45) is 0 Å². The van der Waals surface area contributed by atoms with Gasteiger partial charge in [0.1, 0.15) is 16.8 Å². The van der Waals surface area contributed by atoms with E-state index in [1.807, 2.05) is 0 Å². The highest BCUT2D eigenvalue weighted by Crippen LogP contribution is 2.37. The van der Waals surface area contributed by atoms with Crippen LogP contribution in [0.4, 0.5) is 5.00 Å². The van der Waals surface area contributed by atoms with E-state index in [-0.39, 0.29) is 5.91 Å². The molecule has 0 radical (unpaired) electrons.